The molecule has 0 saturated heterocycles. The van der Waals surface area contributed by atoms with E-state index in [1.807, 2.05) is 13.0 Å². The van der Waals surface area contributed by atoms with E-state index in [4.69, 9.17) is 5.14 Å². The van der Waals surface area contributed by atoms with Gasteiger partial charge in [-0.3, -0.25) is 9.71 Å². The number of nitrogens with two attached hydrogens (primary N) is 1. The summed E-state index contributed by atoms with van der Waals surface area (Å²) in [7, 11) is -7.94. The summed E-state index contributed by atoms with van der Waals surface area (Å²) in [6, 6.07) is 10.9. The first-order valence-corrected chi connectivity index (χ1v) is 10.6. The smallest absolute Gasteiger partial charge is 0.264 e. The Morgan fingerprint density at radius 3 is 2.38 bits per heavy atom. The summed E-state index contributed by atoms with van der Waals surface area (Å²) < 4.78 is 51.3. The first-order valence-electron chi connectivity index (χ1n) is 7.59. The molecule has 0 saturated carbocycles. The van der Waals surface area contributed by atoms with Crippen LogP contribution in [-0.2, 0) is 20.0 Å². The molecule has 0 aliphatic carbocycles. The topological polar surface area (TPSA) is 119 Å². The molecule has 3 rings (SSSR count). The minimum Gasteiger partial charge on any atom is -0.280 e. The van der Waals surface area contributed by atoms with Gasteiger partial charge in [0, 0.05) is 11.6 Å². The summed E-state index contributed by atoms with van der Waals surface area (Å²) in [5.74, 6) is 0. The standard InChI is InChI=1S/C17H17N3O4S2/c1-11-8-13-4-3-5-15(17(13)19-10-11)26(23,24)20-14-7-6-12(2)16(9-14)25(18,21)22/h3-10,20H,1-2H3,(H2,18,21,22). The van der Waals surface area contributed by atoms with E-state index in [0.29, 0.717) is 16.5 Å². The Morgan fingerprint density at radius 1 is 0.962 bits per heavy atom. The third kappa shape index (κ3) is 3.55. The number of nitrogens with one attached hydrogen (secondary N) is 1. The number of hydrogen-bond donors (Lipinski definition) is 2. The Hall–Kier alpha value is -2.49. The quantitative estimate of drug-likeness (QED) is 0.707. The maximum atomic E-state index is 12.8. The van der Waals surface area contributed by atoms with Gasteiger partial charge in [-0.25, -0.2) is 22.0 Å². The predicted molar refractivity (Wildman–Crippen MR) is 99.8 cm³/mol. The SMILES string of the molecule is Cc1cnc2c(S(=O)(=O)Nc3ccc(C)c(S(N)(=O)=O)c3)cccc2c1. The maximum Gasteiger partial charge on any atom is 0.264 e. The lowest BCUT2D eigenvalue weighted by Crippen LogP contribution is -2.16. The highest BCUT2D eigenvalue weighted by atomic mass is 32.2. The summed E-state index contributed by atoms with van der Waals surface area (Å²) in [4.78, 5) is 4.10. The van der Waals surface area contributed by atoms with Gasteiger partial charge in [-0.1, -0.05) is 18.2 Å². The molecule has 1 aromatic heterocycles. The fraction of sp³-hybridized carbons (Fsp3) is 0.118. The second kappa shape index (κ2) is 6.35. The van der Waals surface area contributed by atoms with Gasteiger partial charge in [-0.05, 0) is 49.2 Å². The molecule has 0 fully saturated rings. The van der Waals surface area contributed by atoms with Gasteiger partial charge >= 0.3 is 0 Å². The van der Waals surface area contributed by atoms with E-state index in [-0.39, 0.29) is 15.5 Å². The number of fused-ring (bicyclic) bond motifs is 1. The number of sulfonamides is 2. The number of primary sulfonamides is 1. The van der Waals surface area contributed by atoms with Crippen LogP contribution < -0.4 is 9.86 Å². The largest absolute Gasteiger partial charge is 0.280 e. The van der Waals surface area contributed by atoms with E-state index in [0.717, 1.165) is 5.56 Å². The summed E-state index contributed by atoms with van der Waals surface area (Å²) in [5.41, 5.74) is 1.78. The minimum atomic E-state index is -3.98. The van der Waals surface area contributed by atoms with Gasteiger partial charge in [0.25, 0.3) is 10.0 Å². The lowest BCUT2D eigenvalue weighted by molar-refractivity contribution is 0.596. The maximum absolute atomic E-state index is 12.8. The molecule has 0 aliphatic heterocycles. The molecule has 0 aliphatic rings. The third-order valence-electron chi connectivity index (χ3n) is 3.85. The van der Waals surface area contributed by atoms with Crippen LogP contribution in [0.15, 0.2) is 58.5 Å². The predicted octanol–water partition coefficient (Wildman–Crippen LogP) is 2.30. The van der Waals surface area contributed by atoms with Crippen molar-refractivity contribution in [1.29, 1.82) is 0 Å². The molecule has 0 unspecified atom stereocenters. The molecule has 7 nitrogen and oxygen atoms in total. The molecule has 0 spiro atoms. The molecule has 0 amide bonds. The van der Waals surface area contributed by atoms with Crippen molar-refractivity contribution in [3.63, 3.8) is 0 Å². The zero-order valence-electron chi connectivity index (χ0n) is 14.1. The number of para-hydroxylation sites is 1. The van der Waals surface area contributed by atoms with E-state index in [1.54, 1.807) is 25.3 Å². The van der Waals surface area contributed by atoms with Crippen molar-refractivity contribution in [2.45, 2.75) is 23.6 Å². The first kappa shape index (κ1) is 18.3. The number of anilines is 1. The van der Waals surface area contributed by atoms with Crippen LogP contribution in [0.4, 0.5) is 5.69 Å². The van der Waals surface area contributed by atoms with Gasteiger partial charge in [0.15, 0.2) is 0 Å². The molecule has 0 atom stereocenters. The fourth-order valence-electron chi connectivity index (χ4n) is 2.64. The van der Waals surface area contributed by atoms with Crippen LogP contribution in [0.25, 0.3) is 10.9 Å². The monoisotopic (exact) mass is 391 g/mol. The van der Waals surface area contributed by atoms with Gasteiger partial charge in [0.1, 0.15) is 4.90 Å². The van der Waals surface area contributed by atoms with Gasteiger partial charge in [0.2, 0.25) is 10.0 Å². The molecular formula is C17H17N3O4S2. The van der Waals surface area contributed by atoms with E-state index in [9.17, 15) is 16.8 Å². The zero-order valence-corrected chi connectivity index (χ0v) is 15.7. The molecule has 26 heavy (non-hydrogen) atoms. The molecule has 1 heterocycles. The Kier molecular flexibility index (Phi) is 4.47. The molecule has 3 aromatic rings. The van der Waals surface area contributed by atoms with Crippen molar-refractivity contribution < 1.29 is 16.8 Å². The van der Waals surface area contributed by atoms with Crippen molar-refractivity contribution in [2.24, 2.45) is 5.14 Å². The first-order chi connectivity index (χ1) is 12.1. The molecule has 2 aromatic carbocycles. The molecular weight excluding hydrogens is 374 g/mol. The zero-order chi connectivity index (χ0) is 19.1. The normalized spacial score (nSPS) is 12.3. The van der Waals surface area contributed by atoms with Crippen LogP contribution in [0.2, 0.25) is 0 Å². The third-order valence-corrected chi connectivity index (χ3v) is 6.31. The number of nitrogens with zero attached hydrogens (tertiary/aromatic N) is 1. The Balaban J connectivity index is 2.09. The molecule has 0 bridgehead atoms. The van der Waals surface area contributed by atoms with Crippen molar-refractivity contribution in [2.75, 3.05) is 4.72 Å². The van der Waals surface area contributed by atoms with E-state index < -0.39 is 20.0 Å². The van der Waals surface area contributed by atoms with Gasteiger partial charge in [0.05, 0.1) is 16.1 Å². The van der Waals surface area contributed by atoms with Crippen LogP contribution in [0, 0.1) is 13.8 Å². The Bertz CT molecular complexity index is 1220. The van der Waals surface area contributed by atoms with Crippen LogP contribution >= 0.6 is 0 Å². The highest BCUT2D eigenvalue weighted by Crippen LogP contribution is 2.25. The van der Waals surface area contributed by atoms with Crippen LogP contribution in [0.1, 0.15) is 11.1 Å². The summed E-state index contributed by atoms with van der Waals surface area (Å²) in [5, 5.41) is 5.87. The van der Waals surface area contributed by atoms with E-state index in [2.05, 4.69) is 9.71 Å². The summed E-state index contributed by atoms with van der Waals surface area (Å²) in [6.45, 7) is 3.45. The van der Waals surface area contributed by atoms with Crippen LogP contribution in [0.5, 0.6) is 0 Å². The van der Waals surface area contributed by atoms with Crippen LogP contribution in [0.3, 0.4) is 0 Å². The minimum absolute atomic E-state index is 0.00716. The second-order valence-electron chi connectivity index (χ2n) is 5.97. The number of hydrogen-bond acceptors (Lipinski definition) is 5. The lowest BCUT2D eigenvalue weighted by Gasteiger charge is -2.12. The highest BCUT2D eigenvalue weighted by molar-refractivity contribution is 7.93. The van der Waals surface area contributed by atoms with Gasteiger partial charge in [-0.2, -0.15) is 0 Å². The number of aromatic nitrogens is 1. The molecule has 9 heteroatoms. The fourth-order valence-corrected chi connectivity index (χ4v) is 4.68. The van der Waals surface area contributed by atoms with Crippen molar-refractivity contribution in [3.8, 4) is 0 Å². The molecule has 3 N–H and O–H groups in total. The van der Waals surface area contributed by atoms with Gasteiger partial charge in [-0.15, -0.1) is 0 Å². The number of pyridine rings is 1. The highest BCUT2D eigenvalue weighted by Gasteiger charge is 2.20. The average molecular weight is 391 g/mol. The Morgan fingerprint density at radius 2 is 1.69 bits per heavy atom. The van der Waals surface area contributed by atoms with E-state index in [1.165, 1.54) is 24.3 Å². The van der Waals surface area contributed by atoms with Crippen molar-refractivity contribution >= 4 is 36.6 Å². The number of rotatable bonds is 4. The molecule has 136 valence electrons. The van der Waals surface area contributed by atoms with Crippen molar-refractivity contribution in [3.05, 3.63) is 59.8 Å². The van der Waals surface area contributed by atoms with E-state index >= 15 is 0 Å². The number of aryl methyl sites for hydroxylation is 2. The Labute approximate surface area is 152 Å². The summed E-state index contributed by atoms with van der Waals surface area (Å²) in [6.07, 6.45) is 1.59. The lowest BCUT2D eigenvalue weighted by atomic mass is 10.2. The summed E-state index contributed by atoms with van der Waals surface area (Å²) >= 11 is 0. The second-order valence-corrected chi connectivity index (χ2v) is 9.15. The van der Waals surface area contributed by atoms with Gasteiger partial charge < -0.3 is 0 Å². The van der Waals surface area contributed by atoms with Crippen molar-refractivity contribution in [1.82, 2.24) is 4.98 Å². The number of benzene rings is 2. The van der Waals surface area contributed by atoms with Crippen LogP contribution in [-0.4, -0.2) is 21.8 Å². The molecule has 0 radical (unpaired) electrons. The average Bonchev–Trinajstić information content (AvgIpc) is 2.54.